The fourth-order valence-electron chi connectivity index (χ4n) is 3.24. The molecule has 1 fully saturated rings. The predicted molar refractivity (Wildman–Crippen MR) is 93.2 cm³/mol. The lowest BCUT2D eigenvalue weighted by atomic mass is 9.97. The number of carbonyl (C=O) groups is 1. The van der Waals surface area contributed by atoms with Crippen molar-refractivity contribution in [1.29, 1.82) is 0 Å². The number of piperidine rings is 1. The molecule has 0 spiro atoms. The van der Waals surface area contributed by atoms with Crippen LogP contribution in [0.1, 0.15) is 28.8 Å². The lowest BCUT2D eigenvalue weighted by Gasteiger charge is -2.32. The van der Waals surface area contributed by atoms with Crippen LogP contribution in [-0.4, -0.2) is 30.4 Å². The van der Waals surface area contributed by atoms with E-state index in [9.17, 15) is 9.18 Å². The summed E-state index contributed by atoms with van der Waals surface area (Å²) in [4.78, 5) is 14.6. The Labute approximate surface area is 142 Å². The number of rotatable bonds is 5. The molecule has 1 saturated heterocycles. The molecule has 3 nitrogen and oxygen atoms in total. The zero-order chi connectivity index (χ0) is 16.8. The standard InChI is InChI=1S/C20H23FN2O/c21-19-10-8-18(9-11-19)20(24)22-13-17-7-4-12-23(15-17)14-16-5-2-1-3-6-16/h1-3,5-6,8-11,17H,4,7,12-15H2,(H,22,24)/t17-/m0/s1. The second-order valence-corrected chi connectivity index (χ2v) is 6.45. The molecule has 1 aliphatic heterocycles. The van der Waals surface area contributed by atoms with Crippen LogP contribution in [0.2, 0.25) is 0 Å². The molecule has 1 N–H and O–H groups in total. The summed E-state index contributed by atoms with van der Waals surface area (Å²) in [6.45, 7) is 3.74. The van der Waals surface area contributed by atoms with Gasteiger partial charge in [0.15, 0.2) is 0 Å². The van der Waals surface area contributed by atoms with E-state index in [0.717, 1.165) is 32.5 Å². The van der Waals surface area contributed by atoms with Gasteiger partial charge in [-0.3, -0.25) is 9.69 Å². The summed E-state index contributed by atoms with van der Waals surface area (Å²) in [5, 5.41) is 2.98. The Morgan fingerprint density at radius 2 is 1.88 bits per heavy atom. The third-order valence-corrected chi connectivity index (χ3v) is 4.51. The molecule has 0 unspecified atom stereocenters. The van der Waals surface area contributed by atoms with Crippen LogP contribution in [0.5, 0.6) is 0 Å². The molecule has 126 valence electrons. The number of halogens is 1. The monoisotopic (exact) mass is 326 g/mol. The number of carbonyl (C=O) groups excluding carboxylic acids is 1. The number of nitrogens with zero attached hydrogens (tertiary/aromatic N) is 1. The lowest BCUT2D eigenvalue weighted by Crippen LogP contribution is -2.40. The number of amides is 1. The maximum atomic E-state index is 12.9. The minimum absolute atomic E-state index is 0.129. The fourth-order valence-corrected chi connectivity index (χ4v) is 3.24. The van der Waals surface area contributed by atoms with Gasteiger partial charge in [0.2, 0.25) is 0 Å². The van der Waals surface area contributed by atoms with E-state index in [2.05, 4.69) is 34.5 Å². The van der Waals surface area contributed by atoms with Gasteiger partial charge in [0.25, 0.3) is 5.91 Å². The molecule has 0 bridgehead atoms. The van der Waals surface area contributed by atoms with Crippen molar-refractivity contribution in [3.63, 3.8) is 0 Å². The number of benzene rings is 2. The third kappa shape index (κ3) is 4.65. The Hall–Kier alpha value is -2.20. The minimum atomic E-state index is -0.324. The van der Waals surface area contributed by atoms with Crippen molar-refractivity contribution in [2.75, 3.05) is 19.6 Å². The van der Waals surface area contributed by atoms with Gasteiger partial charge in [-0.25, -0.2) is 4.39 Å². The summed E-state index contributed by atoms with van der Waals surface area (Å²) in [5.41, 5.74) is 1.84. The summed E-state index contributed by atoms with van der Waals surface area (Å²) >= 11 is 0. The topological polar surface area (TPSA) is 32.3 Å². The second-order valence-electron chi connectivity index (χ2n) is 6.45. The van der Waals surface area contributed by atoms with Gasteiger partial charge in [0.1, 0.15) is 5.82 Å². The number of hydrogen-bond acceptors (Lipinski definition) is 2. The number of nitrogens with one attached hydrogen (secondary N) is 1. The van der Waals surface area contributed by atoms with E-state index >= 15 is 0 Å². The van der Waals surface area contributed by atoms with E-state index in [0.29, 0.717) is 18.0 Å². The first-order chi connectivity index (χ1) is 11.7. The van der Waals surface area contributed by atoms with Gasteiger partial charge in [-0.05, 0) is 55.1 Å². The van der Waals surface area contributed by atoms with Crippen LogP contribution < -0.4 is 5.32 Å². The summed E-state index contributed by atoms with van der Waals surface area (Å²) in [6.07, 6.45) is 2.29. The summed E-state index contributed by atoms with van der Waals surface area (Å²) < 4.78 is 12.9. The molecular weight excluding hydrogens is 303 g/mol. The van der Waals surface area contributed by atoms with Gasteiger partial charge in [-0.2, -0.15) is 0 Å². The van der Waals surface area contributed by atoms with Gasteiger partial charge in [0, 0.05) is 25.2 Å². The molecule has 24 heavy (non-hydrogen) atoms. The minimum Gasteiger partial charge on any atom is -0.352 e. The first kappa shape index (κ1) is 16.7. The van der Waals surface area contributed by atoms with Crippen LogP contribution in [0.3, 0.4) is 0 Å². The van der Waals surface area contributed by atoms with Crippen LogP contribution in [0.25, 0.3) is 0 Å². The first-order valence-corrected chi connectivity index (χ1v) is 8.51. The summed E-state index contributed by atoms with van der Waals surface area (Å²) in [5.74, 6) is 0.0115. The molecule has 1 aliphatic rings. The summed E-state index contributed by atoms with van der Waals surface area (Å²) in [7, 11) is 0. The Bertz CT molecular complexity index is 657. The Kier molecular flexibility index (Phi) is 5.59. The molecule has 2 aromatic carbocycles. The normalized spacial score (nSPS) is 18.3. The maximum Gasteiger partial charge on any atom is 0.251 e. The molecule has 2 aromatic rings. The molecule has 1 atom stereocenters. The highest BCUT2D eigenvalue weighted by Crippen LogP contribution is 2.18. The lowest BCUT2D eigenvalue weighted by molar-refractivity contribution is 0.0930. The molecule has 1 amide bonds. The van der Waals surface area contributed by atoms with Crippen LogP contribution >= 0.6 is 0 Å². The smallest absolute Gasteiger partial charge is 0.251 e. The Balaban J connectivity index is 1.48. The molecular formula is C20H23FN2O. The van der Waals surface area contributed by atoms with Gasteiger partial charge < -0.3 is 5.32 Å². The Morgan fingerprint density at radius 3 is 2.62 bits per heavy atom. The quantitative estimate of drug-likeness (QED) is 0.912. The molecule has 0 aliphatic carbocycles. The number of likely N-dealkylation sites (tertiary alicyclic amines) is 1. The number of hydrogen-bond donors (Lipinski definition) is 1. The molecule has 3 rings (SSSR count). The highest BCUT2D eigenvalue weighted by Gasteiger charge is 2.20. The van der Waals surface area contributed by atoms with E-state index in [1.54, 1.807) is 0 Å². The molecule has 4 heteroatoms. The van der Waals surface area contributed by atoms with Crippen molar-refractivity contribution >= 4 is 5.91 Å². The highest BCUT2D eigenvalue weighted by molar-refractivity contribution is 5.94. The average molecular weight is 326 g/mol. The Morgan fingerprint density at radius 1 is 1.12 bits per heavy atom. The first-order valence-electron chi connectivity index (χ1n) is 8.51. The molecule has 0 radical (unpaired) electrons. The van der Waals surface area contributed by atoms with Crippen LogP contribution in [-0.2, 0) is 6.54 Å². The van der Waals surface area contributed by atoms with Gasteiger partial charge >= 0.3 is 0 Å². The zero-order valence-corrected chi connectivity index (χ0v) is 13.7. The van der Waals surface area contributed by atoms with Crippen molar-refractivity contribution in [2.45, 2.75) is 19.4 Å². The van der Waals surface area contributed by atoms with Crippen molar-refractivity contribution in [3.05, 3.63) is 71.5 Å². The fraction of sp³-hybridized carbons (Fsp3) is 0.350. The predicted octanol–water partition coefficient (Wildman–Crippen LogP) is 3.47. The third-order valence-electron chi connectivity index (χ3n) is 4.51. The van der Waals surface area contributed by atoms with E-state index in [-0.39, 0.29) is 11.7 Å². The van der Waals surface area contributed by atoms with Crippen LogP contribution in [0.15, 0.2) is 54.6 Å². The molecule has 1 heterocycles. The molecule has 0 aromatic heterocycles. The van der Waals surface area contributed by atoms with Crippen molar-refractivity contribution in [1.82, 2.24) is 10.2 Å². The van der Waals surface area contributed by atoms with E-state index in [1.807, 2.05) is 6.07 Å². The van der Waals surface area contributed by atoms with Crippen LogP contribution in [0.4, 0.5) is 4.39 Å². The zero-order valence-electron chi connectivity index (χ0n) is 13.7. The van der Waals surface area contributed by atoms with Crippen molar-refractivity contribution in [2.24, 2.45) is 5.92 Å². The van der Waals surface area contributed by atoms with Crippen molar-refractivity contribution in [3.8, 4) is 0 Å². The van der Waals surface area contributed by atoms with E-state index < -0.39 is 0 Å². The highest BCUT2D eigenvalue weighted by atomic mass is 19.1. The largest absolute Gasteiger partial charge is 0.352 e. The van der Waals surface area contributed by atoms with Gasteiger partial charge in [-0.15, -0.1) is 0 Å². The van der Waals surface area contributed by atoms with E-state index in [1.165, 1.54) is 29.8 Å². The summed E-state index contributed by atoms with van der Waals surface area (Å²) in [6, 6.07) is 16.2. The second kappa shape index (κ2) is 8.06. The molecule has 0 saturated carbocycles. The SMILES string of the molecule is O=C(NC[C@@H]1CCCN(Cc2ccccc2)C1)c1ccc(F)cc1. The maximum absolute atomic E-state index is 12.9. The van der Waals surface area contributed by atoms with Gasteiger partial charge in [0.05, 0.1) is 0 Å². The van der Waals surface area contributed by atoms with Gasteiger partial charge in [-0.1, -0.05) is 30.3 Å². The average Bonchev–Trinajstić information content (AvgIpc) is 2.61. The van der Waals surface area contributed by atoms with E-state index in [4.69, 9.17) is 0 Å². The van der Waals surface area contributed by atoms with Crippen molar-refractivity contribution < 1.29 is 9.18 Å². The van der Waals surface area contributed by atoms with Crippen LogP contribution in [0, 0.1) is 11.7 Å².